The number of halogens is 1. The molecule has 0 aliphatic heterocycles. The summed E-state index contributed by atoms with van der Waals surface area (Å²) in [7, 11) is 1.66. The summed E-state index contributed by atoms with van der Waals surface area (Å²) in [4.78, 5) is 4.09. The predicted octanol–water partition coefficient (Wildman–Crippen LogP) is 2.48. The molecule has 0 amide bonds. The molecule has 4 heteroatoms. The number of methoxy groups -OCH3 is 1. The van der Waals surface area contributed by atoms with Gasteiger partial charge in [-0.1, -0.05) is 13.8 Å². The van der Waals surface area contributed by atoms with Gasteiger partial charge in [-0.05, 0) is 34.3 Å². The van der Waals surface area contributed by atoms with Gasteiger partial charge in [0.2, 0.25) is 0 Å². The Balaban J connectivity index is 3.21. The van der Waals surface area contributed by atoms with E-state index in [-0.39, 0.29) is 5.41 Å². The summed E-state index contributed by atoms with van der Waals surface area (Å²) in [6.07, 6.45) is 4.43. The molecule has 0 aliphatic carbocycles. The maximum absolute atomic E-state index is 5.62. The second kappa shape index (κ2) is 4.94. The number of aromatic nitrogens is 1. The molecule has 0 spiro atoms. The van der Waals surface area contributed by atoms with Gasteiger partial charge < -0.3 is 10.5 Å². The highest BCUT2D eigenvalue weighted by atomic mass is 79.9. The van der Waals surface area contributed by atoms with Crippen molar-refractivity contribution in [3.8, 4) is 5.75 Å². The topological polar surface area (TPSA) is 48.1 Å². The first-order chi connectivity index (χ1) is 7.03. The van der Waals surface area contributed by atoms with E-state index < -0.39 is 0 Å². The number of hydrogen-bond donors (Lipinski definition) is 1. The van der Waals surface area contributed by atoms with Crippen molar-refractivity contribution in [1.29, 1.82) is 0 Å². The summed E-state index contributed by atoms with van der Waals surface area (Å²) in [5.74, 6) is 0.808. The SMILES string of the molecule is COc1cncc(Br)c1C(C)(C)CCN. The lowest BCUT2D eigenvalue weighted by Gasteiger charge is -2.27. The van der Waals surface area contributed by atoms with Crippen LogP contribution in [-0.4, -0.2) is 18.6 Å². The van der Waals surface area contributed by atoms with Crippen LogP contribution in [0.1, 0.15) is 25.8 Å². The number of nitrogens with zero attached hydrogens (tertiary/aromatic N) is 1. The second-order valence-electron chi connectivity index (χ2n) is 4.12. The second-order valence-corrected chi connectivity index (χ2v) is 4.98. The van der Waals surface area contributed by atoms with E-state index in [0.717, 1.165) is 22.2 Å². The van der Waals surface area contributed by atoms with Crippen molar-refractivity contribution in [3.63, 3.8) is 0 Å². The molecule has 0 radical (unpaired) electrons. The number of nitrogens with two attached hydrogens (primary N) is 1. The molecule has 2 N–H and O–H groups in total. The van der Waals surface area contributed by atoms with E-state index in [4.69, 9.17) is 10.5 Å². The fraction of sp³-hybridized carbons (Fsp3) is 0.545. The van der Waals surface area contributed by atoms with Crippen molar-refractivity contribution in [2.24, 2.45) is 5.73 Å². The molecule has 0 unspecified atom stereocenters. The average Bonchev–Trinajstić information content (AvgIpc) is 2.16. The Bertz CT molecular complexity index is 339. The van der Waals surface area contributed by atoms with Crippen molar-refractivity contribution in [1.82, 2.24) is 4.98 Å². The smallest absolute Gasteiger partial charge is 0.142 e. The van der Waals surface area contributed by atoms with E-state index in [2.05, 4.69) is 34.8 Å². The molecule has 0 saturated carbocycles. The van der Waals surface area contributed by atoms with Gasteiger partial charge >= 0.3 is 0 Å². The number of hydrogen-bond acceptors (Lipinski definition) is 3. The van der Waals surface area contributed by atoms with E-state index in [1.807, 2.05) is 0 Å². The molecule has 1 aromatic rings. The van der Waals surface area contributed by atoms with Crippen LogP contribution in [-0.2, 0) is 5.41 Å². The van der Waals surface area contributed by atoms with Crippen LogP contribution < -0.4 is 10.5 Å². The summed E-state index contributed by atoms with van der Waals surface area (Å²) in [5, 5.41) is 0. The summed E-state index contributed by atoms with van der Waals surface area (Å²) in [5.41, 5.74) is 6.74. The molecule has 0 saturated heterocycles. The monoisotopic (exact) mass is 272 g/mol. The van der Waals surface area contributed by atoms with Crippen LogP contribution in [0.15, 0.2) is 16.9 Å². The number of pyridine rings is 1. The van der Waals surface area contributed by atoms with Crippen molar-refractivity contribution in [2.45, 2.75) is 25.7 Å². The lowest BCUT2D eigenvalue weighted by Crippen LogP contribution is -2.23. The lowest BCUT2D eigenvalue weighted by atomic mass is 9.81. The Labute approximate surface area is 99.2 Å². The quantitative estimate of drug-likeness (QED) is 0.916. The van der Waals surface area contributed by atoms with E-state index in [0.29, 0.717) is 6.54 Å². The molecule has 3 nitrogen and oxygen atoms in total. The zero-order valence-corrected chi connectivity index (χ0v) is 11.0. The third-order valence-electron chi connectivity index (χ3n) is 2.53. The standard InChI is InChI=1S/C11H17BrN2O/c1-11(2,4-5-13)10-8(12)6-14-7-9(10)15-3/h6-7H,4-5,13H2,1-3H3. The first-order valence-corrected chi connectivity index (χ1v) is 5.70. The highest BCUT2D eigenvalue weighted by Gasteiger charge is 2.26. The van der Waals surface area contributed by atoms with Crippen LogP contribution in [0.25, 0.3) is 0 Å². The highest BCUT2D eigenvalue weighted by molar-refractivity contribution is 9.10. The Kier molecular flexibility index (Phi) is 4.11. The fourth-order valence-electron chi connectivity index (χ4n) is 1.71. The van der Waals surface area contributed by atoms with Crippen LogP contribution in [0.3, 0.4) is 0 Å². The van der Waals surface area contributed by atoms with Gasteiger partial charge in [-0.15, -0.1) is 0 Å². The normalized spacial score (nSPS) is 11.5. The molecule has 0 atom stereocenters. The summed E-state index contributed by atoms with van der Waals surface area (Å²) in [6.45, 7) is 4.97. The van der Waals surface area contributed by atoms with E-state index in [1.165, 1.54) is 0 Å². The maximum Gasteiger partial charge on any atom is 0.142 e. The molecule has 0 bridgehead atoms. The highest BCUT2D eigenvalue weighted by Crippen LogP contribution is 2.38. The number of ether oxygens (including phenoxy) is 1. The van der Waals surface area contributed by atoms with Crippen LogP contribution in [0.5, 0.6) is 5.75 Å². The van der Waals surface area contributed by atoms with E-state index >= 15 is 0 Å². The van der Waals surface area contributed by atoms with E-state index in [1.54, 1.807) is 19.5 Å². The Morgan fingerprint density at radius 1 is 1.47 bits per heavy atom. The van der Waals surface area contributed by atoms with Crippen LogP contribution in [0, 0.1) is 0 Å². The summed E-state index contributed by atoms with van der Waals surface area (Å²) in [6, 6.07) is 0. The fourth-order valence-corrected chi connectivity index (χ4v) is 2.56. The van der Waals surface area contributed by atoms with Crippen LogP contribution >= 0.6 is 15.9 Å². The largest absolute Gasteiger partial charge is 0.495 e. The Hall–Kier alpha value is -0.610. The third kappa shape index (κ3) is 2.69. The van der Waals surface area contributed by atoms with Crippen molar-refractivity contribution < 1.29 is 4.74 Å². The van der Waals surface area contributed by atoms with Crippen molar-refractivity contribution >= 4 is 15.9 Å². The molecule has 1 aromatic heterocycles. The van der Waals surface area contributed by atoms with Crippen molar-refractivity contribution in [3.05, 3.63) is 22.4 Å². The Morgan fingerprint density at radius 3 is 2.67 bits per heavy atom. The average molecular weight is 273 g/mol. The molecule has 1 heterocycles. The number of rotatable bonds is 4. The molecule has 0 aliphatic rings. The van der Waals surface area contributed by atoms with E-state index in [9.17, 15) is 0 Å². The van der Waals surface area contributed by atoms with Gasteiger partial charge in [-0.25, -0.2) is 0 Å². The minimum atomic E-state index is -0.0120. The van der Waals surface area contributed by atoms with Crippen LogP contribution in [0.4, 0.5) is 0 Å². The third-order valence-corrected chi connectivity index (χ3v) is 3.13. The molecular formula is C11H17BrN2O. The zero-order valence-electron chi connectivity index (χ0n) is 9.38. The van der Waals surface area contributed by atoms with Gasteiger partial charge in [0.1, 0.15) is 5.75 Å². The van der Waals surface area contributed by atoms with Gasteiger partial charge in [0.25, 0.3) is 0 Å². The predicted molar refractivity (Wildman–Crippen MR) is 65.2 cm³/mol. The van der Waals surface area contributed by atoms with Gasteiger partial charge in [-0.3, -0.25) is 4.98 Å². The Morgan fingerprint density at radius 2 is 2.13 bits per heavy atom. The summed E-state index contributed by atoms with van der Waals surface area (Å²) < 4.78 is 6.30. The van der Waals surface area contributed by atoms with Crippen LogP contribution in [0.2, 0.25) is 0 Å². The zero-order chi connectivity index (χ0) is 11.5. The molecule has 15 heavy (non-hydrogen) atoms. The lowest BCUT2D eigenvalue weighted by molar-refractivity contribution is 0.383. The maximum atomic E-state index is 5.62. The minimum Gasteiger partial charge on any atom is -0.495 e. The first-order valence-electron chi connectivity index (χ1n) is 4.91. The van der Waals surface area contributed by atoms with Crippen molar-refractivity contribution in [2.75, 3.05) is 13.7 Å². The summed E-state index contributed by atoms with van der Waals surface area (Å²) >= 11 is 3.51. The molecular weight excluding hydrogens is 256 g/mol. The van der Waals surface area contributed by atoms with Gasteiger partial charge in [0, 0.05) is 16.2 Å². The van der Waals surface area contributed by atoms with Gasteiger partial charge in [0.15, 0.2) is 0 Å². The molecule has 1 rings (SSSR count). The minimum absolute atomic E-state index is 0.0120. The molecule has 84 valence electrons. The molecule has 0 aromatic carbocycles. The van der Waals surface area contributed by atoms with Gasteiger partial charge in [0.05, 0.1) is 13.3 Å². The molecule has 0 fully saturated rings. The first kappa shape index (κ1) is 12.5. The van der Waals surface area contributed by atoms with Gasteiger partial charge in [-0.2, -0.15) is 0 Å².